The Morgan fingerprint density at radius 3 is 2.33 bits per heavy atom. The van der Waals surface area contributed by atoms with E-state index in [4.69, 9.17) is 0 Å². The number of piperidine rings is 1. The molecule has 0 unspecified atom stereocenters. The van der Waals surface area contributed by atoms with Crippen LogP contribution in [0, 0.1) is 18.7 Å². The van der Waals surface area contributed by atoms with Crippen LogP contribution in [0.1, 0.15) is 53.0 Å². The van der Waals surface area contributed by atoms with Crippen molar-refractivity contribution in [1.29, 1.82) is 0 Å². The smallest absolute Gasteiger partial charge is 0.256 e. The molecule has 1 heterocycles. The van der Waals surface area contributed by atoms with E-state index in [0.29, 0.717) is 44.6 Å². The van der Waals surface area contributed by atoms with E-state index < -0.39 is 11.9 Å². The summed E-state index contributed by atoms with van der Waals surface area (Å²) in [5.74, 6) is -1.39. The van der Waals surface area contributed by atoms with Gasteiger partial charge in [0.05, 0.1) is 5.56 Å². The van der Waals surface area contributed by atoms with Crippen LogP contribution in [0.5, 0.6) is 0 Å². The molecule has 1 saturated heterocycles. The van der Waals surface area contributed by atoms with E-state index >= 15 is 0 Å². The lowest BCUT2D eigenvalue weighted by atomic mass is 9.87. The molecule has 33 heavy (non-hydrogen) atoms. The zero-order chi connectivity index (χ0) is 24.0. The van der Waals surface area contributed by atoms with Crippen molar-refractivity contribution in [3.8, 4) is 0 Å². The zero-order valence-electron chi connectivity index (χ0n) is 19.5. The summed E-state index contributed by atoms with van der Waals surface area (Å²) in [7, 11) is 0. The monoisotopic (exact) mass is 453 g/mol. The van der Waals surface area contributed by atoms with Crippen LogP contribution >= 0.6 is 0 Å². The quantitative estimate of drug-likeness (QED) is 0.696. The van der Waals surface area contributed by atoms with Gasteiger partial charge in [-0.3, -0.25) is 14.4 Å². The highest BCUT2D eigenvalue weighted by Gasteiger charge is 2.36. The molecule has 3 rings (SSSR count). The first kappa shape index (κ1) is 24.4. The molecule has 2 aromatic rings. The Morgan fingerprint density at radius 1 is 1.06 bits per heavy atom. The number of rotatable bonds is 7. The van der Waals surface area contributed by atoms with Crippen molar-refractivity contribution in [3.63, 3.8) is 0 Å². The largest absolute Gasteiger partial charge is 0.341 e. The van der Waals surface area contributed by atoms with Crippen molar-refractivity contribution in [3.05, 3.63) is 71.0 Å². The summed E-state index contributed by atoms with van der Waals surface area (Å²) >= 11 is 0. The number of halogens is 1. The minimum atomic E-state index is -0.677. The van der Waals surface area contributed by atoms with Gasteiger partial charge < -0.3 is 15.1 Å². The standard InChI is InChI=1S/C26H32FN3O3/c1-4-29(5-2)26(33)23(28-24(31)20-10-8-9-18(3)17-20)19-13-15-30(16-14-19)25(32)21-11-6-7-12-22(21)27/h6-12,17,19,23H,4-5,13-16H2,1-3H3,(H,28,31)/t23-/m0/s1. The number of hydrogen-bond acceptors (Lipinski definition) is 3. The number of amides is 3. The second kappa shape index (κ2) is 11.1. The molecule has 7 heteroatoms. The molecule has 2 aromatic carbocycles. The van der Waals surface area contributed by atoms with E-state index in [2.05, 4.69) is 5.32 Å². The van der Waals surface area contributed by atoms with E-state index in [1.165, 1.54) is 12.1 Å². The van der Waals surface area contributed by atoms with Gasteiger partial charge >= 0.3 is 0 Å². The third-order valence-corrected chi connectivity index (χ3v) is 6.31. The van der Waals surface area contributed by atoms with Crippen LogP contribution in [0.15, 0.2) is 48.5 Å². The maximum absolute atomic E-state index is 14.1. The summed E-state index contributed by atoms with van der Waals surface area (Å²) in [5, 5.41) is 2.97. The van der Waals surface area contributed by atoms with Gasteiger partial charge in [-0.2, -0.15) is 0 Å². The second-order valence-electron chi connectivity index (χ2n) is 8.44. The molecule has 1 fully saturated rings. The van der Waals surface area contributed by atoms with E-state index in [1.807, 2.05) is 32.9 Å². The van der Waals surface area contributed by atoms with E-state index in [0.717, 1.165) is 5.56 Å². The number of likely N-dealkylation sites (tertiary alicyclic amines) is 1. The van der Waals surface area contributed by atoms with Gasteiger partial charge in [0.2, 0.25) is 5.91 Å². The minimum absolute atomic E-state index is 0.0551. The van der Waals surface area contributed by atoms with Crippen molar-refractivity contribution in [2.45, 2.75) is 39.7 Å². The summed E-state index contributed by atoms with van der Waals surface area (Å²) in [6.45, 7) is 7.65. The topological polar surface area (TPSA) is 69.7 Å². The molecule has 0 aromatic heterocycles. The molecular weight excluding hydrogens is 421 g/mol. The van der Waals surface area contributed by atoms with Crippen LogP contribution in [0.4, 0.5) is 4.39 Å². The second-order valence-corrected chi connectivity index (χ2v) is 8.44. The molecule has 1 N–H and O–H groups in total. The number of benzene rings is 2. The normalized spacial score (nSPS) is 15.1. The van der Waals surface area contributed by atoms with Gasteiger partial charge in [-0.25, -0.2) is 4.39 Å². The maximum Gasteiger partial charge on any atom is 0.256 e. The lowest BCUT2D eigenvalue weighted by Gasteiger charge is -2.37. The van der Waals surface area contributed by atoms with Crippen LogP contribution in [0.25, 0.3) is 0 Å². The van der Waals surface area contributed by atoms with Crippen molar-refractivity contribution in [1.82, 2.24) is 15.1 Å². The summed E-state index contributed by atoms with van der Waals surface area (Å²) in [4.78, 5) is 42.4. The Bertz CT molecular complexity index is 998. The van der Waals surface area contributed by atoms with E-state index in [1.54, 1.807) is 34.1 Å². The van der Waals surface area contributed by atoms with Gasteiger partial charge in [0.15, 0.2) is 0 Å². The summed E-state index contributed by atoms with van der Waals surface area (Å²) in [6.07, 6.45) is 1.10. The maximum atomic E-state index is 14.1. The molecule has 3 amide bonds. The highest BCUT2D eigenvalue weighted by Crippen LogP contribution is 2.24. The summed E-state index contributed by atoms with van der Waals surface area (Å²) in [5.41, 5.74) is 1.54. The van der Waals surface area contributed by atoms with Crippen LogP contribution in [0.2, 0.25) is 0 Å². The van der Waals surface area contributed by atoms with Crippen molar-refractivity contribution >= 4 is 17.7 Å². The van der Waals surface area contributed by atoms with Gasteiger partial charge in [-0.15, -0.1) is 0 Å². The number of carbonyl (C=O) groups is 3. The van der Waals surface area contributed by atoms with Crippen molar-refractivity contribution in [2.24, 2.45) is 5.92 Å². The third kappa shape index (κ3) is 5.78. The van der Waals surface area contributed by atoms with Crippen LogP contribution in [-0.2, 0) is 4.79 Å². The molecule has 0 bridgehead atoms. The molecule has 1 atom stereocenters. The number of hydrogen-bond donors (Lipinski definition) is 1. The van der Waals surface area contributed by atoms with Crippen LogP contribution in [-0.4, -0.2) is 59.7 Å². The first-order valence-electron chi connectivity index (χ1n) is 11.6. The molecule has 0 aliphatic carbocycles. The van der Waals surface area contributed by atoms with Gasteiger partial charge in [0.1, 0.15) is 11.9 Å². The average Bonchev–Trinajstić information content (AvgIpc) is 2.83. The Morgan fingerprint density at radius 2 is 1.73 bits per heavy atom. The van der Waals surface area contributed by atoms with Crippen molar-refractivity contribution in [2.75, 3.05) is 26.2 Å². The molecule has 1 aliphatic rings. The Kier molecular flexibility index (Phi) is 8.20. The predicted octanol–water partition coefficient (Wildman–Crippen LogP) is 3.65. The Hall–Kier alpha value is -3.22. The molecule has 6 nitrogen and oxygen atoms in total. The number of nitrogens with one attached hydrogen (secondary N) is 1. The first-order chi connectivity index (χ1) is 15.8. The van der Waals surface area contributed by atoms with E-state index in [-0.39, 0.29) is 29.2 Å². The fourth-order valence-corrected chi connectivity index (χ4v) is 4.36. The highest BCUT2D eigenvalue weighted by molar-refractivity contribution is 5.98. The van der Waals surface area contributed by atoms with Gasteiger partial charge in [-0.05, 0) is 63.8 Å². The fourth-order valence-electron chi connectivity index (χ4n) is 4.36. The fraction of sp³-hybridized carbons (Fsp3) is 0.423. The lowest BCUT2D eigenvalue weighted by Crippen LogP contribution is -2.54. The highest BCUT2D eigenvalue weighted by atomic mass is 19.1. The molecule has 1 aliphatic heterocycles. The zero-order valence-corrected chi connectivity index (χ0v) is 19.5. The molecule has 0 radical (unpaired) electrons. The predicted molar refractivity (Wildman–Crippen MR) is 125 cm³/mol. The van der Waals surface area contributed by atoms with E-state index in [9.17, 15) is 18.8 Å². The molecule has 0 spiro atoms. The molecular formula is C26H32FN3O3. The van der Waals surface area contributed by atoms with Gasteiger partial charge in [0, 0.05) is 31.7 Å². The Balaban J connectivity index is 1.74. The van der Waals surface area contributed by atoms with Gasteiger partial charge in [0.25, 0.3) is 11.8 Å². The number of carbonyl (C=O) groups excluding carboxylic acids is 3. The van der Waals surface area contributed by atoms with Crippen LogP contribution < -0.4 is 5.32 Å². The molecule has 0 saturated carbocycles. The summed E-state index contributed by atoms with van der Waals surface area (Å²) < 4.78 is 14.1. The lowest BCUT2D eigenvalue weighted by molar-refractivity contribution is -0.134. The number of nitrogens with zero attached hydrogens (tertiary/aromatic N) is 2. The SMILES string of the molecule is CCN(CC)C(=O)[C@@H](NC(=O)c1cccc(C)c1)C1CCN(C(=O)c2ccccc2F)CC1. The number of likely N-dealkylation sites (N-methyl/N-ethyl adjacent to an activating group) is 1. The third-order valence-electron chi connectivity index (χ3n) is 6.31. The minimum Gasteiger partial charge on any atom is -0.341 e. The molecule has 176 valence electrons. The van der Waals surface area contributed by atoms with Gasteiger partial charge in [-0.1, -0.05) is 29.8 Å². The van der Waals surface area contributed by atoms with Crippen molar-refractivity contribution < 1.29 is 18.8 Å². The first-order valence-corrected chi connectivity index (χ1v) is 11.6. The average molecular weight is 454 g/mol. The Labute approximate surface area is 194 Å². The number of aryl methyl sites for hydroxylation is 1. The van der Waals surface area contributed by atoms with Crippen LogP contribution in [0.3, 0.4) is 0 Å². The summed E-state index contributed by atoms with van der Waals surface area (Å²) in [6, 6.07) is 12.5.